The molecule has 0 saturated heterocycles. The van der Waals surface area contributed by atoms with E-state index >= 15 is 0 Å². The third-order valence-electron chi connectivity index (χ3n) is 3.52. The van der Waals surface area contributed by atoms with Gasteiger partial charge in [-0.1, -0.05) is 25.6 Å². The van der Waals surface area contributed by atoms with Crippen LogP contribution >= 0.6 is 11.8 Å². The Kier molecular flexibility index (Phi) is 4.22. The smallest absolute Gasteiger partial charge is 0.237 e. The summed E-state index contributed by atoms with van der Waals surface area (Å²) in [4.78, 5) is 36.4. The van der Waals surface area contributed by atoms with E-state index in [1.807, 2.05) is 13.8 Å². The Labute approximate surface area is 142 Å². The summed E-state index contributed by atoms with van der Waals surface area (Å²) in [6.45, 7) is 4.04. The molecule has 0 aromatic carbocycles. The van der Waals surface area contributed by atoms with E-state index in [-0.39, 0.29) is 34.8 Å². The summed E-state index contributed by atoms with van der Waals surface area (Å²) >= 11 is 1.14. The lowest BCUT2D eigenvalue weighted by Gasteiger charge is -2.29. The van der Waals surface area contributed by atoms with Crippen LogP contribution in [0.2, 0.25) is 0 Å². The number of nitrogens with two attached hydrogens (primary N) is 1. The molecule has 4 N–H and O–H groups in total. The molecule has 2 heterocycles. The molecule has 1 aliphatic rings. The number of nitrogens with zero attached hydrogens (tertiary/aromatic N) is 4. The number of aromatic nitrogens is 5. The van der Waals surface area contributed by atoms with Crippen LogP contribution in [-0.2, 0) is 11.2 Å². The maximum Gasteiger partial charge on any atom is 0.237 e. The van der Waals surface area contributed by atoms with Gasteiger partial charge in [0.2, 0.25) is 23.0 Å². The van der Waals surface area contributed by atoms with Crippen LogP contribution in [0.5, 0.6) is 0 Å². The number of amides is 1. The zero-order chi connectivity index (χ0) is 17.3. The maximum atomic E-state index is 12.1. The van der Waals surface area contributed by atoms with Crippen molar-refractivity contribution in [3.05, 3.63) is 17.5 Å². The molecule has 2 aromatic heterocycles. The molecular weight excluding hydrogens is 330 g/mol. The first kappa shape index (κ1) is 16.4. The second-order valence-electron chi connectivity index (χ2n) is 6.33. The van der Waals surface area contributed by atoms with Crippen LogP contribution in [0.1, 0.15) is 36.3 Å². The van der Waals surface area contributed by atoms with Gasteiger partial charge >= 0.3 is 0 Å². The lowest BCUT2D eigenvalue weighted by molar-refractivity contribution is -0.113. The van der Waals surface area contributed by atoms with E-state index in [1.54, 1.807) is 0 Å². The molecular formula is C14H17N7O2S. The maximum absolute atomic E-state index is 12.1. The summed E-state index contributed by atoms with van der Waals surface area (Å²) in [6.07, 6.45) is 2.63. The van der Waals surface area contributed by atoms with E-state index in [1.165, 1.54) is 6.20 Å². The summed E-state index contributed by atoms with van der Waals surface area (Å²) in [5.74, 6) is 0.242. The minimum atomic E-state index is -0.287. The Morgan fingerprint density at radius 3 is 2.92 bits per heavy atom. The number of aromatic amines is 1. The average Bonchev–Trinajstić information content (AvgIpc) is 2.89. The predicted octanol–water partition coefficient (Wildman–Crippen LogP) is 1.06. The summed E-state index contributed by atoms with van der Waals surface area (Å²) in [6, 6.07) is 0. The van der Waals surface area contributed by atoms with Crippen LogP contribution in [0, 0.1) is 5.41 Å². The quantitative estimate of drug-likeness (QED) is 0.698. The van der Waals surface area contributed by atoms with Gasteiger partial charge in [-0.15, -0.1) is 5.10 Å². The number of hydrogen-bond acceptors (Lipinski definition) is 8. The first-order chi connectivity index (χ1) is 11.3. The van der Waals surface area contributed by atoms with Crippen molar-refractivity contribution >= 4 is 35.3 Å². The number of carbonyl (C=O) groups is 2. The van der Waals surface area contributed by atoms with E-state index < -0.39 is 0 Å². The number of H-pyrrole nitrogens is 1. The summed E-state index contributed by atoms with van der Waals surface area (Å²) in [5.41, 5.74) is 6.49. The Hall–Kier alpha value is -2.49. The van der Waals surface area contributed by atoms with Crippen molar-refractivity contribution in [2.45, 2.75) is 31.8 Å². The molecule has 0 aliphatic heterocycles. The summed E-state index contributed by atoms with van der Waals surface area (Å²) in [5, 5.41) is 9.34. The number of Topliss-reactive ketones (excluding diaryl/α,β-unsaturated/α-hetero) is 1. The van der Waals surface area contributed by atoms with Gasteiger partial charge in [0.05, 0.1) is 17.0 Å². The van der Waals surface area contributed by atoms with Crippen LogP contribution < -0.4 is 11.1 Å². The van der Waals surface area contributed by atoms with Crippen molar-refractivity contribution in [1.29, 1.82) is 0 Å². The molecule has 9 nitrogen and oxygen atoms in total. The molecule has 0 fully saturated rings. The fourth-order valence-corrected chi connectivity index (χ4v) is 3.11. The predicted molar refractivity (Wildman–Crippen MR) is 88.6 cm³/mol. The molecule has 0 unspecified atom stereocenters. The van der Waals surface area contributed by atoms with E-state index in [0.29, 0.717) is 29.3 Å². The number of hydrogen-bond donors (Lipinski definition) is 3. The zero-order valence-corrected chi connectivity index (χ0v) is 14.1. The highest BCUT2D eigenvalue weighted by molar-refractivity contribution is 7.99. The summed E-state index contributed by atoms with van der Waals surface area (Å²) < 4.78 is 0. The van der Waals surface area contributed by atoms with Crippen LogP contribution in [0.25, 0.3) is 0 Å². The van der Waals surface area contributed by atoms with Crippen molar-refractivity contribution < 1.29 is 9.59 Å². The molecule has 1 amide bonds. The molecule has 0 radical (unpaired) electrons. The number of fused-ring (bicyclic) bond motifs is 1. The van der Waals surface area contributed by atoms with Crippen molar-refractivity contribution in [3.8, 4) is 0 Å². The van der Waals surface area contributed by atoms with E-state index in [9.17, 15) is 9.59 Å². The van der Waals surface area contributed by atoms with Gasteiger partial charge in [-0.3, -0.25) is 14.9 Å². The fraction of sp³-hybridized carbons (Fsp3) is 0.429. The van der Waals surface area contributed by atoms with Crippen LogP contribution in [0.4, 0.5) is 11.9 Å². The molecule has 1 aliphatic carbocycles. The lowest BCUT2D eigenvalue weighted by Crippen LogP contribution is -2.28. The Bertz CT molecular complexity index is 802. The first-order valence-corrected chi connectivity index (χ1v) is 8.31. The summed E-state index contributed by atoms with van der Waals surface area (Å²) in [7, 11) is 0. The lowest BCUT2D eigenvalue weighted by atomic mass is 9.76. The third kappa shape index (κ3) is 3.70. The van der Waals surface area contributed by atoms with Gasteiger partial charge in [-0.05, 0) is 11.8 Å². The van der Waals surface area contributed by atoms with Crippen LogP contribution in [-0.4, -0.2) is 42.6 Å². The van der Waals surface area contributed by atoms with Crippen molar-refractivity contribution in [2.24, 2.45) is 5.41 Å². The minimum absolute atomic E-state index is 0.0388. The van der Waals surface area contributed by atoms with Crippen LogP contribution in [0.15, 0.2) is 11.4 Å². The highest BCUT2D eigenvalue weighted by Gasteiger charge is 2.32. The van der Waals surface area contributed by atoms with Crippen molar-refractivity contribution in [3.63, 3.8) is 0 Å². The number of anilines is 2. The number of carbonyl (C=O) groups excluding carboxylic acids is 2. The van der Waals surface area contributed by atoms with Crippen molar-refractivity contribution in [2.75, 3.05) is 16.8 Å². The van der Waals surface area contributed by atoms with Gasteiger partial charge < -0.3 is 5.73 Å². The molecule has 3 rings (SSSR count). The number of nitrogens with one attached hydrogen (secondary N) is 2. The van der Waals surface area contributed by atoms with Gasteiger partial charge in [0.25, 0.3) is 0 Å². The van der Waals surface area contributed by atoms with Gasteiger partial charge in [0, 0.05) is 12.6 Å². The van der Waals surface area contributed by atoms with E-state index in [0.717, 1.165) is 11.8 Å². The minimum Gasteiger partial charge on any atom is -0.368 e. The highest BCUT2D eigenvalue weighted by atomic mass is 32.2. The average molecular weight is 347 g/mol. The molecule has 0 atom stereocenters. The van der Waals surface area contributed by atoms with Crippen molar-refractivity contribution in [1.82, 2.24) is 25.1 Å². The number of thioether (sulfide) groups is 1. The molecule has 24 heavy (non-hydrogen) atoms. The number of nitrogen functional groups attached to an aromatic ring is 1. The van der Waals surface area contributed by atoms with E-state index in [4.69, 9.17) is 5.73 Å². The topological polar surface area (TPSA) is 140 Å². The van der Waals surface area contributed by atoms with Gasteiger partial charge in [-0.2, -0.15) is 4.98 Å². The highest BCUT2D eigenvalue weighted by Crippen LogP contribution is 2.33. The molecule has 10 heteroatoms. The monoisotopic (exact) mass is 347 g/mol. The number of rotatable bonds is 4. The normalized spacial score (nSPS) is 15.8. The second-order valence-corrected chi connectivity index (χ2v) is 7.28. The molecule has 0 saturated carbocycles. The second kappa shape index (κ2) is 6.19. The van der Waals surface area contributed by atoms with E-state index in [2.05, 4.69) is 30.5 Å². The standard InChI is InChI=1S/C14H17N7O2S/c1-14(2)3-8-7(9(22)4-14)5-16-12(17-8)18-10(23)6-24-13-19-11(15)20-21-13/h5H,3-4,6H2,1-2H3,(H3,15,19,20,21)(H,16,17,18,23). The Morgan fingerprint density at radius 2 is 2.21 bits per heavy atom. The van der Waals surface area contributed by atoms with Gasteiger partial charge in [0.15, 0.2) is 5.78 Å². The first-order valence-electron chi connectivity index (χ1n) is 7.32. The van der Waals surface area contributed by atoms with Gasteiger partial charge in [-0.25, -0.2) is 15.1 Å². The fourth-order valence-electron chi connectivity index (χ4n) is 2.50. The van der Waals surface area contributed by atoms with Gasteiger partial charge in [0.1, 0.15) is 0 Å². The molecule has 0 spiro atoms. The molecule has 0 bridgehead atoms. The number of ketones is 1. The SMILES string of the molecule is CC1(C)CC(=O)c2cnc(NC(=O)CSc3n[nH]c(N)n3)nc2C1. The zero-order valence-electron chi connectivity index (χ0n) is 13.3. The molecule has 2 aromatic rings. The Morgan fingerprint density at radius 1 is 1.42 bits per heavy atom. The Balaban J connectivity index is 1.65. The third-order valence-corrected chi connectivity index (χ3v) is 4.37. The molecule has 126 valence electrons. The van der Waals surface area contributed by atoms with Crippen LogP contribution in [0.3, 0.4) is 0 Å². The largest absolute Gasteiger partial charge is 0.368 e.